The van der Waals surface area contributed by atoms with E-state index in [1.807, 2.05) is 6.92 Å². The van der Waals surface area contributed by atoms with Gasteiger partial charge in [-0.1, -0.05) is 0 Å². The largest absolute Gasteiger partial charge is 0.494 e. The number of rotatable bonds is 3. The summed E-state index contributed by atoms with van der Waals surface area (Å²) < 4.78 is 10.5. The number of fused-ring (bicyclic) bond motifs is 1. The van der Waals surface area contributed by atoms with Crippen molar-refractivity contribution in [3.8, 4) is 11.5 Å². The van der Waals surface area contributed by atoms with E-state index in [-0.39, 0.29) is 18.0 Å². The highest BCUT2D eigenvalue weighted by Crippen LogP contribution is 2.31. The molecule has 0 amide bonds. The minimum absolute atomic E-state index is 0.129. The summed E-state index contributed by atoms with van der Waals surface area (Å²) in [6.07, 6.45) is -1.23. The van der Waals surface area contributed by atoms with Gasteiger partial charge >= 0.3 is 5.97 Å². The van der Waals surface area contributed by atoms with Gasteiger partial charge in [0.25, 0.3) is 0 Å². The van der Waals surface area contributed by atoms with Gasteiger partial charge in [-0.15, -0.1) is 0 Å². The van der Waals surface area contributed by atoms with Crippen molar-refractivity contribution in [3.05, 3.63) is 23.8 Å². The number of ketones is 1. The average molecular weight is 236 g/mol. The molecule has 0 saturated carbocycles. The first kappa shape index (κ1) is 11.4. The zero-order chi connectivity index (χ0) is 12.4. The smallest absolute Gasteiger partial charge is 0.345 e. The van der Waals surface area contributed by atoms with Gasteiger partial charge in [-0.3, -0.25) is 4.79 Å². The van der Waals surface area contributed by atoms with Crippen molar-refractivity contribution in [1.29, 1.82) is 0 Å². The van der Waals surface area contributed by atoms with E-state index in [4.69, 9.17) is 14.6 Å². The Morgan fingerprint density at radius 2 is 2.35 bits per heavy atom. The fourth-order valence-corrected chi connectivity index (χ4v) is 1.70. The lowest BCUT2D eigenvalue weighted by atomic mass is 10.0. The number of carboxylic acid groups (broad SMARTS) is 1. The van der Waals surface area contributed by atoms with Crippen LogP contribution >= 0.6 is 0 Å². The Morgan fingerprint density at radius 3 is 3.00 bits per heavy atom. The van der Waals surface area contributed by atoms with Crippen molar-refractivity contribution < 1.29 is 24.2 Å². The van der Waals surface area contributed by atoms with Crippen LogP contribution in [0.4, 0.5) is 0 Å². The Hall–Kier alpha value is -2.04. The lowest BCUT2D eigenvalue weighted by Gasteiger charge is -2.22. The summed E-state index contributed by atoms with van der Waals surface area (Å²) in [5.74, 6) is -0.516. The van der Waals surface area contributed by atoms with Gasteiger partial charge in [0.05, 0.1) is 18.6 Å². The molecule has 1 aromatic rings. The van der Waals surface area contributed by atoms with Crippen molar-refractivity contribution in [2.45, 2.75) is 19.4 Å². The molecule has 1 atom stereocenters. The zero-order valence-electron chi connectivity index (χ0n) is 9.30. The molecule has 0 fully saturated rings. The summed E-state index contributed by atoms with van der Waals surface area (Å²) in [5, 5.41) is 8.85. The van der Waals surface area contributed by atoms with Gasteiger partial charge in [0.15, 0.2) is 5.78 Å². The predicted octanol–water partition coefficient (Wildman–Crippen LogP) is 1.50. The molecular formula is C12H12O5. The summed E-state index contributed by atoms with van der Waals surface area (Å²) in [6, 6.07) is 4.82. The van der Waals surface area contributed by atoms with E-state index >= 15 is 0 Å². The predicted molar refractivity (Wildman–Crippen MR) is 58.6 cm³/mol. The van der Waals surface area contributed by atoms with Crippen molar-refractivity contribution in [3.63, 3.8) is 0 Å². The Morgan fingerprint density at radius 1 is 1.59 bits per heavy atom. The van der Waals surface area contributed by atoms with E-state index < -0.39 is 12.1 Å². The summed E-state index contributed by atoms with van der Waals surface area (Å²) >= 11 is 0. The van der Waals surface area contributed by atoms with E-state index in [0.717, 1.165) is 0 Å². The number of carbonyl (C=O) groups is 2. The molecule has 5 nitrogen and oxygen atoms in total. The molecule has 2 rings (SSSR count). The zero-order valence-corrected chi connectivity index (χ0v) is 9.30. The minimum Gasteiger partial charge on any atom is -0.494 e. The van der Waals surface area contributed by atoms with Gasteiger partial charge in [0.2, 0.25) is 6.10 Å². The van der Waals surface area contributed by atoms with Crippen LogP contribution in [0.1, 0.15) is 23.7 Å². The molecule has 1 aromatic carbocycles. The third-order valence-corrected chi connectivity index (χ3v) is 2.48. The van der Waals surface area contributed by atoms with Crippen LogP contribution in [-0.4, -0.2) is 29.6 Å². The maximum absolute atomic E-state index is 11.7. The Kier molecular flexibility index (Phi) is 2.99. The lowest BCUT2D eigenvalue weighted by molar-refractivity contribution is -0.145. The molecule has 0 bridgehead atoms. The fourth-order valence-electron chi connectivity index (χ4n) is 1.70. The number of carbonyl (C=O) groups excluding carboxylic acids is 1. The second-order valence-electron chi connectivity index (χ2n) is 3.66. The quantitative estimate of drug-likeness (QED) is 0.861. The molecule has 5 heteroatoms. The number of hydrogen-bond acceptors (Lipinski definition) is 4. The molecule has 1 aliphatic heterocycles. The monoisotopic (exact) mass is 236 g/mol. The topological polar surface area (TPSA) is 72.8 Å². The van der Waals surface area contributed by atoms with Gasteiger partial charge in [0, 0.05) is 6.07 Å². The second-order valence-corrected chi connectivity index (χ2v) is 3.66. The molecule has 0 spiro atoms. The average Bonchev–Trinajstić information content (AvgIpc) is 2.28. The number of ether oxygens (including phenoxy) is 2. The highest BCUT2D eigenvalue weighted by atomic mass is 16.5. The number of carboxylic acids is 1. The van der Waals surface area contributed by atoms with Gasteiger partial charge in [-0.2, -0.15) is 0 Å². The molecular weight excluding hydrogens is 224 g/mol. The van der Waals surface area contributed by atoms with E-state index in [9.17, 15) is 9.59 Å². The van der Waals surface area contributed by atoms with E-state index in [1.165, 1.54) is 0 Å². The molecule has 0 aliphatic carbocycles. The molecule has 1 N–H and O–H groups in total. The van der Waals surface area contributed by atoms with E-state index in [1.54, 1.807) is 18.2 Å². The van der Waals surface area contributed by atoms with Gasteiger partial charge in [-0.25, -0.2) is 4.79 Å². The van der Waals surface area contributed by atoms with Gasteiger partial charge < -0.3 is 14.6 Å². The minimum atomic E-state index is -1.13. The first-order chi connectivity index (χ1) is 8.11. The van der Waals surface area contributed by atoms with Gasteiger partial charge in [0.1, 0.15) is 11.5 Å². The highest BCUT2D eigenvalue weighted by molar-refractivity contribution is 6.02. The SMILES string of the molecule is CCOc1ccc2c(c1)OC(C(=O)O)CC2=O. The normalized spacial score (nSPS) is 18.2. The van der Waals surface area contributed by atoms with Crippen LogP contribution in [0.5, 0.6) is 11.5 Å². The summed E-state index contributed by atoms with van der Waals surface area (Å²) in [5.41, 5.74) is 0.408. The Bertz CT molecular complexity index is 466. The second kappa shape index (κ2) is 4.45. The number of aliphatic carboxylic acids is 1. The molecule has 0 saturated heterocycles. The molecule has 1 unspecified atom stereocenters. The molecule has 0 radical (unpaired) electrons. The molecule has 1 heterocycles. The third-order valence-electron chi connectivity index (χ3n) is 2.48. The summed E-state index contributed by atoms with van der Waals surface area (Å²) in [4.78, 5) is 22.5. The van der Waals surface area contributed by atoms with Gasteiger partial charge in [-0.05, 0) is 19.1 Å². The molecule has 0 aromatic heterocycles. The van der Waals surface area contributed by atoms with E-state index in [2.05, 4.69) is 0 Å². The van der Waals surface area contributed by atoms with Crippen LogP contribution in [0.2, 0.25) is 0 Å². The molecule has 17 heavy (non-hydrogen) atoms. The fraction of sp³-hybridized carbons (Fsp3) is 0.333. The van der Waals surface area contributed by atoms with Crippen LogP contribution in [0, 0.1) is 0 Å². The van der Waals surface area contributed by atoms with Crippen LogP contribution in [0.25, 0.3) is 0 Å². The molecule has 1 aliphatic rings. The number of Topliss-reactive ketones (excluding diaryl/α,β-unsaturated/α-hetero) is 1. The lowest BCUT2D eigenvalue weighted by Crippen LogP contribution is -2.33. The first-order valence-electron chi connectivity index (χ1n) is 5.31. The standard InChI is InChI=1S/C12H12O5/c1-2-16-7-3-4-8-9(13)6-11(12(14)15)17-10(8)5-7/h3-5,11H,2,6H2,1H3,(H,14,15). The van der Waals surface area contributed by atoms with Crippen LogP contribution in [0.3, 0.4) is 0 Å². The maximum atomic E-state index is 11.7. The number of benzene rings is 1. The Balaban J connectivity index is 2.33. The van der Waals surface area contributed by atoms with Crippen molar-refractivity contribution in [1.82, 2.24) is 0 Å². The van der Waals surface area contributed by atoms with E-state index in [0.29, 0.717) is 17.9 Å². The van der Waals surface area contributed by atoms with Crippen molar-refractivity contribution in [2.24, 2.45) is 0 Å². The number of hydrogen-bond donors (Lipinski definition) is 1. The summed E-state index contributed by atoms with van der Waals surface area (Å²) in [7, 11) is 0. The van der Waals surface area contributed by atoms with Crippen LogP contribution < -0.4 is 9.47 Å². The van der Waals surface area contributed by atoms with Crippen molar-refractivity contribution in [2.75, 3.05) is 6.61 Å². The Labute approximate surface area is 98.0 Å². The van der Waals surface area contributed by atoms with Crippen LogP contribution in [0.15, 0.2) is 18.2 Å². The first-order valence-corrected chi connectivity index (χ1v) is 5.31. The van der Waals surface area contributed by atoms with Crippen LogP contribution in [-0.2, 0) is 4.79 Å². The summed E-state index contributed by atoms with van der Waals surface area (Å²) in [6.45, 7) is 2.33. The highest BCUT2D eigenvalue weighted by Gasteiger charge is 2.31. The maximum Gasteiger partial charge on any atom is 0.345 e. The molecule has 90 valence electrons. The third kappa shape index (κ3) is 2.22. The van der Waals surface area contributed by atoms with Crippen molar-refractivity contribution >= 4 is 11.8 Å².